The number of hydrogen-bond donors (Lipinski definition) is 1. The molecule has 2 fully saturated rings. The second kappa shape index (κ2) is 8.98. The number of aromatic nitrogens is 3. The molecule has 7 nitrogen and oxygen atoms in total. The van der Waals surface area contributed by atoms with Crippen LogP contribution in [0.2, 0.25) is 0 Å². The summed E-state index contributed by atoms with van der Waals surface area (Å²) in [6.45, 7) is 0. The summed E-state index contributed by atoms with van der Waals surface area (Å²) in [7, 11) is 1.48. The van der Waals surface area contributed by atoms with E-state index >= 15 is 0 Å². The molecule has 0 radical (unpaired) electrons. The topological polar surface area (TPSA) is 86.1 Å². The van der Waals surface area contributed by atoms with Crippen LogP contribution in [0.25, 0.3) is 11.3 Å². The Morgan fingerprint density at radius 1 is 1.07 bits per heavy atom. The molecule has 1 heterocycles. The average molecular weight is 411 g/mol. The van der Waals surface area contributed by atoms with E-state index in [-0.39, 0.29) is 29.2 Å². The third-order valence-corrected chi connectivity index (χ3v) is 6.47. The molecule has 1 N–H and O–H groups in total. The summed E-state index contributed by atoms with van der Waals surface area (Å²) in [4.78, 5) is 31.5. The summed E-state index contributed by atoms with van der Waals surface area (Å²) in [6.07, 6.45) is 9.52. The minimum Gasteiger partial charge on any atom is -0.466 e. The van der Waals surface area contributed by atoms with Crippen molar-refractivity contribution >= 4 is 5.91 Å². The molecule has 30 heavy (non-hydrogen) atoms. The molecule has 0 unspecified atom stereocenters. The Balaban J connectivity index is 1.79. The first-order valence-corrected chi connectivity index (χ1v) is 11.1. The van der Waals surface area contributed by atoms with Gasteiger partial charge in [0.05, 0.1) is 7.11 Å². The summed E-state index contributed by atoms with van der Waals surface area (Å²) in [5.74, 6) is -0.0871. The Morgan fingerprint density at radius 3 is 2.40 bits per heavy atom. The van der Waals surface area contributed by atoms with Gasteiger partial charge in [0.25, 0.3) is 5.56 Å². The summed E-state index contributed by atoms with van der Waals surface area (Å²) in [5, 5.41) is 7.65. The molecule has 0 aliphatic heterocycles. The van der Waals surface area contributed by atoms with Gasteiger partial charge in [-0.1, -0.05) is 68.9 Å². The number of ether oxygens (including phenoxy) is 1. The fourth-order valence-corrected chi connectivity index (χ4v) is 4.80. The quantitative estimate of drug-likeness (QED) is 0.816. The van der Waals surface area contributed by atoms with Gasteiger partial charge in [0.1, 0.15) is 11.2 Å². The first-order valence-electron chi connectivity index (χ1n) is 11.1. The Kier molecular flexibility index (Phi) is 6.16. The predicted molar refractivity (Wildman–Crippen MR) is 114 cm³/mol. The fraction of sp³-hybridized carbons (Fsp3) is 0.565. The van der Waals surface area contributed by atoms with Crippen LogP contribution in [0.3, 0.4) is 0 Å². The van der Waals surface area contributed by atoms with Crippen molar-refractivity contribution in [2.75, 3.05) is 7.11 Å². The number of nitrogens with one attached hydrogen (secondary N) is 1. The summed E-state index contributed by atoms with van der Waals surface area (Å²) >= 11 is 0. The second-order valence-corrected chi connectivity index (χ2v) is 8.43. The molecule has 2 aromatic rings. The lowest BCUT2D eigenvalue weighted by Gasteiger charge is -2.38. The second-order valence-electron chi connectivity index (χ2n) is 8.43. The number of hydrogen-bond acceptors (Lipinski definition) is 5. The Hall–Kier alpha value is -2.70. The molecular weight excluding hydrogens is 380 g/mol. The SMILES string of the molecule is COc1nc(-c2ccccc2)c(=O)n(C2(C(=O)NC3CCCCC3)CCCCC2)n1. The van der Waals surface area contributed by atoms with E-state index < -0.39 is 5.54 Å². The zero-order valence-electron chi connectivity index (χ0n) is 17.6. The van der Waals surface area contributed by atoms with Crippen molar-refractivity contribution in [1.82, 2.24) is 20.1 Å². The van der Waals surface area contributed by atoms with Crippen LogP contribution >= 0.6 is 0 Å². The molecule has 0 spiro atoms. The van der Waals surface area contributed by atoms with Gasteiger partial charge in [-0.3, -0.25) is 9.59 Å². The maximum atomic E-state index is 13.6. The standard InChI is InChI=1S/C23H30N4O3/c1-30-22-25-19(17-11-5-2-6-12-17)20(28)27(26-22)23(15-9-4-10-16-23)21(29)24-18-13-7-3-8-14-18/h2,5-6,11-12,18H,3-4,7-10,13-16H2,1H3,(H,24,29). The molecule has 160 valence electrons. The van der Waals surface area contributed by atoms with Crippen molar-refractivity contribution < 1.29 is 9.53 Å². The Bertz CT molecular complexity index is 929. The number of nitrogens with zero attached hydrogens (tertiary/aromatic N) is 3. The normalized spacial score (nSPS) is 19.2. The minimum atomic E-state index is -0.994. The largest absolute Gasteiger partial charge is 0.466 e. The van der Waals surface area contributed by atoms with Crippen LogP contribution in [-0.2, 0) is 10.3 Å². The summed E-state index contributed by atoms with van der Waals surface area (Å²) in [5.41, 5.74) is -0.386. The molecule has 7 heteroatoms. The van der Waals surface area contributed by atoms with E-state index in [0.717, 1.165) is 44.9 Å². The first-order chi connectivity index (χ1) is 14.6. The van der Waals surface area contributed by atoms with Gasteiger partial charge in [0.2, 0.25) is 5.91 Å². The predicted octanol–water partition coefficient (Wildman–Crippen LogP) is 3.42. The van der Waals surface area contributed by atoms with Crippen molar-refractivity contribution in [2.45, 2.75) is 75.8 Å². The van der Waals surface area contributed by atoms with Crippen LogP contribution in [-0.4, -0.2) is 33.8 Å². The van der Waals surface area contributed by atoms with Crippen molar-refractivity contribution in [3.8, 4) is 17.3 Å². The third kappa shape index (κ3) is 3.98. The molecule has 2 aliphatic rings. The smallest absolute Gasteiger partial charge is 0.334 e. The first kappa shape index (κ1) is 20.6. The van der Waals surface area contributed by atoms with E-state index in [4.69, 9.17) is 4.74 Å². The molecule has 4 rings (SSSR count). The van der Waals surface area contributed by atoms with Gasteiger partial charge >= 0.3 is 6.01 Å². The maximum Gasteiger partial charge on any atom is 0.334 e. The molecule has 0 saturated heterocycles. The summed E-state index contributed by atoms with van der Waals surface area (Å²) in [6, 6.07) is 9.56. The van der Waals surface area contributed by atoms with Crippen LogP contribution in [0.15, 0.2) is 35.1 Å². The highest BCUT2D eigenvalue weighted by Crippen LogP contribution is 2.35. The van der Waals surface area contributed by atoms with Gasteiger partial charge in [0, 0.05) is 11.6 Å². The zero-order chi connectivity index (χ0) is 21.0. The van der Waals surface area contributed by atoms with E-state index in [2.05, 4.69) is 15.4 Å². The minimum absolute atomic E-state index is 0.0871. The lowest BCUT2D eigenvalue weighted by atomic mass is 9.80. The Morgan fingerprint density at radius 2 is 1.73 bits per heavy atom. The number of amides is 1. The highest BCUT2D eigenvalue weighted by atomic mass is 16.5. The molecule has 2 saturated carbocycles. The number of carbonyl (C=O) groups excluding carboxylic acids is 1. The van der Waals surface area contributed by atoms with Gasteiger partial charge in [-0.15, -0.1) is 5.10 Å². The van der Waals surface area contributed by atoms with Crippen molar-refractivity contribution in [3.05, 3.63) is 40.7 Å². The maximum absolute atomic E-state index is 13.6. The lowest BCUT2D eigenvalue weighted by molar-refractivity contribution is -0.133. The van der Waals surface area contributed by atoms with E-state index in [1.165, 1.54) is 18.2 Å². The summed E-state index contributed by atoms with van der Waals surface area (Å²) < 4.78 is 6.70. The van der Waals surface area contributed by atoms with Crippen molar-refractivity contribution in [3.63, 3.8) is 0 Å². The van der Waals surface area contributed by atoms with Crippen molar-refractivity contribution in [2.24, 2.45) is 0 Å². The third-order valence-electron chi connectivity index (χ3n) is 6.47. The molecule has 2 aliphatic carbocycles. The Labute approximate surface area is 176 Å². The van der Waals surface area contributed by atoms with Crippen LogP contribution in [0, 0.1) is 0 Å². The monoisotopic (exact) mass is 410 g/mol. The molecule has 1 aromatic heterocycles. The van der Waals surface area contributed by atoms with E-state index in [9.17, 15) is 9.59 Å². The number of benzene rings is 1. The van der Waals surface area contributed by atoms with Gasteiger partial charge in [-0.2, -0.15) is 4.98 Å². The molecule has 1 amide bonds. The molecular formula is C23H30N4O3. The van der Waals surface area contributed by atoms with Gasteiger partial charge in [0.15, 0.2) is 0 Å². The van der Waals surface area contributed by atoms with Crippen LogP contribution in [0.5, 0.6) is 6.01 Å². The van der Waals surface area contributed by atoms with E-state index in [0.29, 0.717) is 18.4 Å². The zero-order valence-corrected chi connectivity index (χ0v) is 17.6. The number of rotatable bonds is 5. The van der Waals surface area contributed by atoms with Gasteiger partial charge in [-0.25, -0.2) is 4.68 Å². The molecule has 1 aromatic carbocycles. The molecule has 0 bridgehead atoms. The van der Waals surface area contributed by atoms with Crippen molar-refractivity contribution in [1.29, 1.82) is 0 Å². The number of methoxy groups -OCH3 is 1. The fourth-order valence-electron chi connectivity index (χ4n) is 4.80. The highest BCUT2D eigenvalue weighted by Gasteiger charge is 2.44. The van der Waals surface area contributed by atoms with E-state index in [1.54, 1.807) is 0 Å². The molecule has 0 atom stereocenters. The lowest BCUT2D eigenvalue weighted by Crippen LogP contribution is -2.57. The average Bonchev–Trinajstić information content (AvgIpc) is 2.81. The van der Waals surface area contributed by atoms with Gasteiger partial charge < -0.3 is 10.1 Å². The van der Waals surface area contributed by atoms with E-state index in [1.807, 2.05) is 30.3 Å². The van der Waals surface area contributed by atoms with Crippen LogP contribution in [0.1, 0.15) is 64.2 Å². The highest BCUT2D eigenvalue weighted by molar-refractivity contribution is 5.85. The van der Waals surface area contributed by atoms with Gasteiger partial charge in [-0.05, 0) is 25.7 Å². The number of carbonyl (C=O) groups is 1. The van der Waals surface area contributed by atoms with Crippen LogP contribution in [0.4, 0.5) is 0 Å². The van der Waals surface area contributed by atoms with Crippen LogP contribution < -0.4 is 15.6 Å².